The molecule has 96 valence electrons. The molecule has 1 amide bonds. The molecule has 1 aromatic heterocycles. The quantitative estimate of drug-likeness (QED) is 0.761. The van der Waals surface area contributed by atoms with Crippen molar-refractivity contribution in [2.24, 2.45) is 0 Å². The molecule has 5 heteroatoms. The van der Waals surface area contributed by atoms with Gasteiger partial charge >= 0.3 is 0 Å². The Hall–Kier alpha value is -1.36. The van der Waals surface area contributed by atoms with Crippen LogP contribution in [0.4, 0.5) is 0 Å². The fourth-order valence-electron chi connectivity index (χ4n) is 1.72. The van der Waals surface area contributed by atoms with Crippen molar-refractivity contribution in [3.63, 3.8) is 0 Å². The van der Waals surface area contributed by atoms with E-state index in [2.05, 4.69) is 5.10 Å². The van der Waals surface area contributed by atoms with Crippen LogP contribution in [-0.2, 0) is 17.8 Å². The summed E-state index contributed by atoms with van der Waals surface area (Å²) in [5.41, 5.74) is 1.06. The maximum absolute atomic E-state index is 11.8. The molecular weight excluding hydrogens is 218 g/mol. The zero-order chi connectivity index (χ0) is 12.7. The topological polar surface area (TPSA) is 58.4 Å². The number of aryl methyl sites for hydroxylation is 1. The monoisotopic (exact) mass is 239 g/mol. The molecule has 17 heavy (non-hydrogen) atoms. The maximum atomic E-state index is 11.8. The zero-order valence-corrected chi connectivity index (χ0v) is 10.6. The summed E-state index contributed by atoms with van der Waals surface area (Å²) >= 11 is 0. The number of amides is 1. The Kier molecular flexibility index (Phi) is 5.69. The molecule has 0 atom stereocenters. The molecule has 1 heterocycles. The van der Waals surface area contributed by atoms with Crippen LogP contribution in [0, 0.1) is 0 Å². The summed E-state index contributed by atoms with van der Waals surface area (Å²) < 4.78 is 1.66. The standard InChI is InChI=1S/C12H21N3O2/c1-3-14(4-2)12(17)10-15-9-11(8-13-15)6-5-7-16/h8-9,16H,3-7,10H2,1-2H3. The molecule has 0 aliphatic carbocycles. The summed E-state index contributed by atoms with van der Waals surface area (Å²) in [6.45, 7) is 5.88. The van der Waals surface area contributed by atoms with Gasteiger partial charge in [0.25, 0.3) is 0 Å². The highest BCUT2D eigenvalue weighted by atomic mass is 16.2. The van der Waals surface area contributed by atoms with E-state index in [-0.39, 0.29) is 12.5 Å². The molecule has 0 aromatic carbocycles. The van der Waals surface area contributed by atoms with Crippen LogP contribution >= 0.6 is 0 Å². The van der Waals surface area contributed by atoms with Crippen molar-refractivity contribution in [1.29, 1.82) is 0 Å². The molecule has 0 radical (unpaired) electrons. The first kappa shape index (κ1) is 13.7. The van der Waals surface area contributed by atoms with Crippen LogP contribution in [0.1, 0.15) is 25.8 Å². The molecule has 5 nitrogen and oxygen atoms in total. The number of nitrogens with zero attached hydrogens (tertiary/aromatic N) is 3. The number of aliphatic hydroxyl groups is 1. The number of hydrogen-bond donors (Lipinski definition) is 1. The van der Waals surface area contributed by atoms with Crippen LogP contribution in [0.15, 0.2) is 12.4 Å². The number of rotatable bonds is 7. The Morgan fingerprint density at radius 3 is 2.76 bits per heavy atom. The first-order valence-corrected chi connectivity index (χ1v) is 6.11. The zero-order valence-electron chi connectivity index (χ0n) is 10.6. The number of aromatic nitrogens is 2. The highest BCUT2D eigenvalue weighted by Crippen LogP contribution is 2.02. The van der Waals surface area contributed by atoms with Crippen molar-refractivity contribution < 1.29 is 9.90 Å². The first-order valence-electron chi connectivity index (χ1n) is 6.11. The maximum Gasteiger partial charge on any atom is 0.244 e. The van der Waals surface area contributed by atoms with Gasteiger partial charge < -0.3 is 10.0 Å². The Balaban J connectivity index is 2.51. The van der Waals surface area contributed by atoms with Gasteiger partial charge in [0.2, 0.25) is 5.91 Å². The van der Waals surface area contributed by atoms with Gasteiger partial charge in [0.15, 0.2) is 0 Å². The van der Waals surface area contributed by atoms with E-state index in [9.17, 15) is 4.79 Å². The Bertz CT molecular complexity index is 345. The summed E-state index contributed by atoms with van der Waals surface area (Å²) in [6.07, 6.45) is 5.16. The number of aliphatic hydroxyl groups excluding tert-OH is 1. The van der Waals surface area contributed by atoms with Crippen molar-refractivity contribution >= 4 is 5.91 Å². The molecule has 1 N–H and O–H groups in total. The fourth-order valence-corrected chi connectivity index (χ4v) is 1.72. The predicted molar refractivity (Wildman–Crippen MR) is 65.6 cm³/mol. The SMILES string of the molecule is CCN(CC)C(=O)Cn1cc(CCCO)cn1. The molecule has 0 aliphatic heterocycles. The van der Waals surface area contributed by atoms with E-state index in [0.717, 1.165) is 31.5 Å². The van der Waals surface area contributed by atoms with Gasteiger partial charge in [-0.25, -0.2) is 0 Å². The normalized spacial score (nSPS) is 10.5. The molecule has 0 saturated carbocycles. The van der Waals surface area contributed by atoms with Gasteiger partial charge in [-0.1, -0.05) is 0 Å². The summed E-state index contributed by atoms with van der Waals surface area (Å²) in [7, 11) is 0. The van der Waals surface area contributed by atoms with Crippen LogP contribution in [0.3, 0.4) is 0 Å². The van der Waals surface area contributed by atoms with Crippen molar-refractivity contribution in [1.82, 2.24) is 14.7 Å². The lowest BCUT2D eigenvalue weighted by atomic mass is 10.2. The van der Waals surface area contributed by atoms with Gasteiger partial charge in [-0.05, 0) is 32.3 Å². The van der Waals surface area contributed by atoms with E-state index in [1.54, 1.807) is 15.8 Å². The first-order chi connectivity index (χ1) is 8.21. The van der Waals surface area contributed by atoms with E-state index in [1.807, 2.05) is 20.0 Å². The lowest BCUT2D eigenvalue weighted by Gasteiger charge is -2.18. The van der Waals surface area contributed by atoms with Crippen LogP contribution < -0.4 is 0 Å². The molecule has 0 saturated heterocycles. The van der Waals surface area contributed by atoms with Gasteiger partial charge in [0.05, 0.1) is 6.20 Å². The van der Waals surface area contributed by atoms with E-state index >= 15 is 0 Å². The van der Waals surface area contributed by atoms with Gasteiger partial charge in [-0.2, -0.15) is 5.10 Å². The number of carbonyl (C=O) groups excluding carboxylic acids is 1. The van der Waals surface area contributed by atoms with Crippen LogP contribution in [-0.4, -0.2) is 45.4 Å². The number of likely N-dealkylation sites (N-methyl/N-ethyl adjacent to an activating group) is 1. The largest absolute Gasteiger partial charge is 0.396 e. The van der Waals surface area contributed by atoms with Gasteiger partial charge in [-0.3, -0.25) is 9.48 Å². The second-order valence-corrected chi connectivity index (χ2v) is 3.94. The second-order valence-electron chi connectivity index (χ2n) is 3.94. The third-order valence-corrected chi connectivity index (χ3v) is 2.72. The summed E-state index contributed by atoms with van der Waals surface area (Å²) in [5, 5.41) is 12.9. The van der Waals surface area contributed by atoms with E-state index in [0.29, 0.717) is 6.54 Å². The minimum Gasteiger partial charge on any atom is -0.396 e. The van der Waals surface area contributed by atoms with E-state index < -0.39 is 0 Å². The number of hydrogen-bond acceptors (Lipinski definition) is 3. The smallest absolute Gasteiger partial charge is 0.244 e. The Labute approximate surface area is 102 Å². The highest BCUT2D eigenvalue weighted by Gasteiger charge is 2.10. The number of carbonyl (C=O) groups is 1. The Morgan fingerprint density at radius 2 is 2.18 bits per heavy atom. The van der Waals surface area contributed by atoms with Crippen LogP contribution in [0.25, 0.3) is 0 Å². The van der Waals surface area contributed by atoms with Gasteiger partial charge in [0, 0.05) is 25.9 Å². The third kappa shape index (κ3) is 4.19. The van der Waals surface area contributed by atoms with Gasteiger partial charge in [-0.15, -0.1) is 0 Å². The van der Waals surface area contributed by atoms with E-state index in [1.165, 1.54) is 0 Å². The van der Waals surface area contributed by atoms with Crippen molar-refractivity contribution in [3.05, 3.63) is 18.0 Å². The molecule has 0 bridgehead atoms. The lowest BCUT2D eigenvalue weighted by molar-refractivity contribution is -0.131. The molecular formula is C12H21N3O2. The average molecular weight is 239 g/mol. The minimum atomic E-state index is 0.0896. The molecule has 1 aromatic rings. The Morgan fingerprint density at radius 1 is 1.47 bits per heavy atom. The average Bonchev–Trinajstić information content (AvgIpc) is 2.75. The van der Waals surface area contributed by atoms with Crippen molar-refractivity contribution in [2.75, 3.05) is 19.7 Å². The van der Waals surface area contributed by atoms with Crippen LogP contribution in [0.2, 0.25) is 0 Å². The molecule has 0 spiro atoms. The highest BCUT2D eigenvalue weighted by molar-refractivity contribution is 5.75. The summed E-state index contributed by atoms with van der Waals surface area (Å²) in [4.78, 5) is 13.6. The summed E-state index contributed by atoms with van der Waals surface area (Å²) in [6, 6.07) is 0. The molecule has 0 aliphatic rings. The molecule has 1 rings (SSSR count). The third-order valence-electron chi connectivity index (χ3n) is 2.72. The summed E-state index contributed by atoms with van der Waals surface area (Å²) in [5.74, 6) is 0.0896. The molecule has 0 fully saturated rings. The van der Waals surface area contributed by atoms with Gasteiger partial charge in [0.1, 0.15) is 6.54 Å². The minimum absolute atomic E-state index is 0.0896. The lowest BCUT2D eigenvalue weighted by Crippen LogP contribution is -2.33. The van der Waals surface area contributed by atoms with Crippen LogP contribution in [0.5, 0.6) is 0 Å². The second kappa shape index (κ2) is 7.06. The predicted octanol–water partition coefficient (Wildman–Crippen LogP) is 0.676. The fraction of sp³-hybridized carbons (Fsp3) is 0.667. The molecule has 0 unspecified atom stereocenters. The van der Waals surface area contributed by atoms with E-state index in [4.69, 9.17) is 5.11 Å². The van der Waals surface area contributed by atoms with Crippen molar-refractivity contribution in [3.8, 4) is 0 Å². The van der Waals surface area contributed by atoms with Crippen molar-refractivity contribution in [2.45, 2.75) is 33.2 Å².